The Hall–Kier alpha value is -1.95. The molecule has 3 rings (SSSR count). The largest absolute Gasteiger partial charge is 0.469 e. The molecule has 0 amide bonds. The molecule has 0 saturated carbocycles. The Kier molecular flexibility index (Phi) is 4.11. The molecule has 0 aliphatic carbocycles. The summed E-state index contributed by atoms with van der Waals surface area (Å²) in [6.45, 7) is 0. The molecule has 1 N–H and O–H groups in total. The summed E-state index contributed by atoms with van der Waals surface area (Å²) >= 11 is 0. The Balaban J connectivity index is 1.75. The van der Waals surface area contributed by atoms with Crippen LogP contribution in [0.3, 0.4) is 0 Å². The SMILES string of the molecule is COC(=O)[C@@H]1C2CCC(C[C@@H]1OC(=O)c1ccc(F)cc1)N2. The average molecular weight is 307 g/mol. The van der Waals surface area contributed by atoms with Gasteiger partial charge in [-0.1, -0.05) is 0 Å². The second-order valence-electron chi connectivity index (χ2n) is 5.78. The average Bonchev–Trinajstić information content (AvgIpc) is 2.89. The van der Waals surface area contributed by atoms with Crippen LogP contribution in [0.4, 0.5) is 4.39 Å². The lowest BCUT2D eigenvalue weighted by Crippen LogP contribution is -2.53. The van der Waals surface area contributed by atoms with Gasteiger partial charge in [-0.3, -0.25) is 4.79 Å². The number of carbonyl (C=O) groups excluding carboxylic acids is 2. The third-order valence-electron chi connectivity index (χ3n) is 4.44. The summed E-state index contributed by atoms with van der Waals surface area (Å²) in [5.41, 5.74) is 0.274. The fraction of sp³-hybridized carbons (Fsp3) is 0.500. The molecule has 2 fully saturated rings. The van der Waals surface area contributed by atoms with Crippen LogP contribution in [-0.2, 0) is 14.3 Å². The Morgan fingerprint density at radius 2 is 1.95 bits per heavy atom. The quantitative estimate of drug-likeness (QED) is 0.861. The Morgan fingerprint density at radius 1 is 1.23 bits per heavy atom. The van der Waals surface area contributed by atoms with Crippen LogP contribution < -0.4 is 5.32 Å². The van der Waals surface area contributed by atoms with Crippen LogP contribution in [-0.4, -0.2) is 37.2 Å². The van der Waals surface area contributed by atoms with Crippen LogP contribution in [0.15, 0.2) is 24.3 Å². The van der Waals surface area contributed by atoms with Crippen LogP contribution in [0.5, 0.6) is 0 Å². The molecule has 1 aromatic rings. The van der Waals surface area contributed by atoms with Crippen molar-refractivity contribution in [3.8, 4) is 0 Å². The molecule has 5 nitrogen and oxygen atoms in total. The van der Waals surface area contributed by atoms with Gasteiger partial charge in [0.2, 0.25) is 0 Å². The maximum absolute atomic E-state index is 12.9. The van der Waals surface area contributed by atoms with Gasteiger partial charge < -0.3 is 14.8 Å². The molecule has 2 aliphatic heterocycles. The minimum absolute atomic E-state index is 0.0165. The highest BCUT2D eigenvalue weighted by atomic mass is 19.1. The van der Waals surface area contributed by atoms with Crippen molar-refractivity contribution >= 4 is 11.9 Å². The van der Waals surface area contributed by atoms with E-state index in [1.165, 1.54) is 31.4 Å². The molecule has 0 spiro atoms. The van der Waals surface area contributed by atoms with Gasteiger partial charge in [-0.2, -0.15) is 0 Å². The van der Waals surface area contributed by atoms with E-state index in [0.29, 0.717) is 6.42 Å². The van der Waals surface area contributed by atoms with Gasteiger partial charge in [0.25, 0.3) is 0 Å². The Labute approximate surface area is 127 Å². The third-order valence-corrected chi connectivity index (χ3v) is 4.44. The number of halogens is 1. The number of methoxy groups -OCH3 is 1. The van der Waals surface area contributed by atoms with Crippen LogP contribution in [0, 0.1) is 11.7 Å². The smallest absolute Gasteiger partial charge is 0.338 e. The summed E-state index contributed by atoms with van der Waals surface area (Å²) < 4.78 is 23.3. The number of piperidine rings is 1. The third kappa shape index (κ3) is 2.83. The Morgan fingerprint density at radius 3 is 2.64 bits per heavy atom. The number of nitrogens with one attached hydrogen (secondary N) is 1. The number of benzene rings is 1. The number of fused-ring (bicyclic) bond motifs is 2. The minimum Gasteiger partial charge on any atom is -0.469 e. The fourth-order valence-electron chi connectivity index (χ4n) is 3.37. The molecular formula is C16H18FNO4. The zero-order valence-corrected chi connectivity index (χ0v) is 12.3. The van der Waals surface area contributed by atoms with E-state index in [-0.39, 0.29) is 23.6 Å². The fourth-order valence-corrected chi connectivity index (χ4v) is 3.37. The van der Waals surface area contributed by atoms with Gasteiger partial charge in [0.1, 0.15) is 17.8 Å². The summed E-state index contributed by atoms with van der Waals surface area (Å²) in [6.07, 6.45) is 1.91. The lowest BCUT2D eigenvalue weighted by molar-refractivity contribution is -0.152. The van der Waals surface area contributed by atoms with Gasteiger partial charge >= 0.3 is 11.9 Å². The molecule has 6 heteroatoms. The van der Waals surface area contributed by atoms with E-state index in [9.17, 15) is 14.0 Å². The van der Waals surface area contributed by atoms with E-state index in [4.69, 9.17) is 9.47 Å². The highest BCUT2D eigenvalue weighted by Crippen LogP contribution is 2.34. The van der Waals surface area contributed by atoms with Crippen molar-refractivity contribution in [3.63, 3.8) is 0 Å². The van der Waals surface area contributed by atoms with Crippen molar-refractivity contribution in [1.29, 1.82) is 0 Å². The monoisotopic (exact) mass is 307 g/mol. The molecule has 2 bridgehead atoms. The second-order valence-corrected chi connectivity index (χ2v) is 5.78. The summed E-state index contributed by atoms with van der Waals surface area (Å²) in [6, 6.07) is 5.41. The van der Waals surface area contributed by atoms with Gasteiger partial charge in [0.05, 0.1) is 12.7 Å². The normalized spacial score (nSPS) is 29.9. The second kappa shape index (κ2) is 6.04. The maximum Gasteiger partial charge on any atom is 0.338 e. The van der Waals surface area contributed by atoms with E-state index in [2.05, 4.69) is 5.32 Å². The number of hydrogen-bond acceptors (Lipinski definition) is 5. The molecule has 22 heavy (non-hydrogen) atoms. The van der Waals surface area contributed by atoms with E-state index in [0.717, 1.165) is 12.8 Å². The molecular weight excluding hydrogens is 289 g/mol. The number of rotatable bonds is 3. The number of hydrogen-bond donors (Lipinski definition) is 1. The molecule has 2 aliphatic rings. The highest BCUT2D eigenvalue weighted by molar-refractivity contribution is 5.89. The van der Waals surface area contributed by atoms with E-state index in [1.807, 2.05) is 0 Å². The Bertz CT molecular complexity index is 574. The van der Waals surface area contributed by atoms with E-state index < -0.39 is 23.8 Å². The van der Waals surface area contributed by atoms with Gasteiger partial charge in [-0.25, -0.2) is 9.18 Å². The molecule has 0 aromatic heterocycles. The summed E-state index contributed by atoms with van der Waals surface area (Å²) in [4.78, 5) is 24.2. The van der Waals surface area contributed by atoms with Crippen molar-refractivity contribution in [2.24, 2.45) is 5.92 Å². The van der Waals surface area contributed by atoms with Crippen molar-refractivity contribution < 1.29 is 23.5 Å². The molecule has 4 atom stereocenters. The van der Waals surface area contributed by atoms with Crippen molar-refractivity contribution in [2.75, 3.05) is 7.11 Å². The maximum atomic E-state index is 12.9. The van der Waals surface area contributed by atoms with Gasteiger partial charge in [-0.15, -0.1) is 0 Å². The lowest BCUT2D eigenvalue weighted by atomic mass is 9.89. The molecule has 2 saturated heterocycles. The first kappa shape index (κ1) is 15.0. The molecule has 0 radical (unpaired) electrons. The van der Waals surface area contributed by atoms with E-state index in [1.54, 1.807) is 0 Å². The number of esters is 2. The van der Waals surface area contributed by atoms with E-state index >= 15 is 0 Å². The first-order valence-corrected chi connectivity index (χ1v) is 7.39. The van der Waals surface area contributed by atoms with Gasteiger partial charge in [0.15, 0.2) is 0 Å². The molecule has 2 unspecified atom stereocenters. The minimum atomic E-state index is -0.541. The predicted molar refractivity (Wildman–Crippen MR) is 75.7 cm³/mol. The number of ether oxygens (including phenoxy) is 2. The molecule has 2 heterocycles. The molecule has 118 valence electrons. The van der Waals surface area contributed by atoms with Crippen LogP contribution in [0.25, 0.3) is 0 Å². The van der Waals surface area contributed by atoms with Gasteiger partial charge in [-0.05, 0) is 37.1 Å². The predicted octanol–water partition coefficient (Wildman–Crippen LogP) is 1.66. The summed E-state index contributed by atoms with van der Waals surface area (Å²) in [5, 5.41) is 3.36. The summed E-state index contributed by atoms with van der Waals surface area (Å²) in [5.74, 6) is -1.81. The highest BCUT2D eigenvalue weighted by Gasteiger charge is 2.47. The van der Waals surface area contributed by atoms with Crippen molar-refractivity contribution in [3.05, 3.63) is 35.6 Å². The van der Waals surface area contributed by atoms with Crippen LogP contribution >= 0.6 is 0 Å². The van der Waals surface area contributed by atoms with Crippen LogP contribution in [0.1, 0.15) is 29.6 Å². The standard InChI is InChI=1S/C16H18FNO4/c1-21-16(20)14-12-7-6-11(18-12)8-13(14)22-15(19)9-2-4-10(17)5-3-9/h2-5,11-14,18H,6-8H2,1H3/t11?,12?,13-,14+/m0/s1. The zero-order chi connectivity index (χ0) is 15.7. The van der Waals surface area contributed by atoms with Crippen molar-refractivity contribution in [2.45, 2.75) is 37.5 Å². The zero-order valence-electron chi connectivity index (χ0n) is 12.3. The molecule has 1 aromatic carbocycles. The summed E-state index contributed by atoms with van der Waals surface area (Å²) in [7, 11) is 1.34. The van der Waals surface area contributed by atoms with Gasteiger partial charge in [0, 0.05) is 18.5 Å². The van der Waals surface area contributed by atoms with Crippen LogP contribution in [0.2, 0.25) is 0 Å². The topological polar surface area (TPSA) is 64.6 Å². The first-order valence-electron chi connectivity index (χ1n) is 7.39. The first-order chi connectivity index (χ1) is 10.6. The number of carbonyl (C=O) groups is 2. The van der Waals surface area contributed by atoms with Crippen molar-refractivity contribution in [1.82, 2.24) is 5.32 Å². The lowest BCUT2D eigenvalue weighted by Gasteiger charge is -2.35.